The second-order valence-corrected chi connectivity index (χ2v) is 11.7. The van der Waals surface area contributed by atoms with Crippen LogP contribution in [0.3, 0.4) is 0 Å². The van der Waals surface area contributed by atoms with E-state index < -0.39 is 75.5 Å². The Kier molecular flexibility index (Phi) is 6.45. The number of aliphatic hydroxyl groups excluding tert-OH is 2. The molecule has 12 nitrogen and oxygen atoms in total. The number of carbonyl (C=O) groups excluding carboxylic acids is 3. The van der Waals surface area contributed by atoms with Crippen LogP contribution in [0.15, 0.2) is 23.0 Å². The Balaban J connectivity index is 2.05. The van der Waals surface area contributed by atoms with Crippen molar-refractivity contribution in [3.8, 4) is 5.75 Å². The molecule has 0 bridgehead atoms. The molecule has 0 spiro atoms. The van der Waals surface area contributed by atoms with Crippen LogP contribution < -0.4 is 11.5 Å². The van der Waals surface area contributed by atoms with Crippen LogP contribution in [0.5, 0.6) is 5.75 Å². The fraction of sp³-hybridized carbons (Fsp3) is 0.481. The maximum atomic E-state index is 14.0. The van der Waals surface area contributed by atoms with Crippen LogP contribution in [0, 0.1) is 11.8 Å². The summed E-state index contributed by atoms with van der Waals surface area (Å²) in [6.07, 6.45) is -0.169. The summed E-state index contributed by atoms with van der Waals surface area (Å²) in [7, 11) is 3.01. The molecule has 0 heterocycles. The zero-order chi connectivity index (χ0) is 29.5. The number of carboxylic acids is 1. The molecule has 1 amide bonds. The van der Waals surface area contributed by atoms with Gasteiger partial charge < -0.3 is 37.0 Å². The number of carbonyl (C=O) groups is 4. The molecule has 5 atom stereocenters. The third-order valence-electron chi connectivity index (χ3n) is 8.16. The zero-order valence-electron chi connectivity index (χ0n) is 22.3. The van der Waals surface area contributed by atoms with Gasteiger partial charge in [0.05, 0.1) is 11.6 Å². The van der Waals surface area contributed by atoms with Crippen molar-refractivity contribution in [2.24, 2.45) is 23.3 Å². The third-order valence-corrected chi connectivity index (χ3v) is 8.16. The number of aliphatic hydroxyl groups is 3. The normalized spacial score (nSPS) is 27.7. The van der Waals surface area contributed by atoms with Crippen molar-refractivity contribution in [2.75, 3.05) is 14.1 Å². The lowest BCUT2D eigenvalue weighted by molar-refractivity contribution is -0.153. The number of likely N-dealkylation sites (N-methyl/N-ethyl adjacent to an activating group) is 1. The van der Waals surface area contributed by atoms with E-state index in [0.717, 1.165) is 0 Å². The van der Waals surface area contributed by atoms with E-state index in [2.05, 4.69) is 0 Å². The van der Waals surface area contributed by atoms with Crippen LogP contribution in [-0.2, 0) is 31.0 Å². The van der Waals surface area contributed by atoms with Crippen LogP contribution in [0.25, 0.3) is 5.76 Å². The van der Waals surface area contributed by atoms with Gasteiger partial charge in [0.2, 0.25) is 5.78 Å². The average Bonchev–Trinajstić information content (AvgIpc) is 2.79. The van der Waals surface area contributed by atoms with Crippen molar-refractivity contribution < 1.29 is 44.7 Å². The first-order valence-corrected chi connectivity index (χ1v) is 12.4. The van der Waals surface area contributed by atoms with Crippen molar-refractivity contribution in [2.45, 2.75) is 56.7 Å². The fourth-order valence-electron chi connectivity index (χ4n) is 6.32. The summed E-state index contributed by atoms with van der Waals surface area (Å²) in [5.74, 6) is -9.01. The predicted molar refractivity (Wildman–Crippen MR) is 138 cm³/mol. The molecule has 1 saturated carbocycles. The van der Waals surface area contributed by atoms with Gasteiger partial charge in [0.15, 0.2) is 11.4 Å². The molecule has 1 aromatic carbocycles. The van der Waals surface area contributed by atoms with Gasteiger partial charge in [0.25, 0.3) is 5.91 Å². The molecule has 4 rings (SSSR count). The molecule has 210 valence electrons. The molecule has 0 aliphatic heterocycles. The number of nitrogens with two attached hydrogens (primary N) is 2. The number of benzene rings is 1. The highest BCUT2D eigenvalue weighted by Gasteiger charge is 2.64. The first-order chi connectivity index (χ1) is 17.9. The number of fused-ring (bicyclic) bond motifs is 3. The number of phenolic OH excluding ortho intramolecular Hbond substituents is 1. The lowest BCUT2D eigenvalue weighted by Crippen LogP contribution is -2.65. The number of nitrogens with zero attached hydrogens (tertiary/aromatic N) is 1. The number of primary amides is 1. The van der Waals surface area contributed by atoms with Crippen molar-refractivity contribution in [3.63, 3.8) is 0 Å². The van der Waals surface area contributed by atoms with Crippen LogP contribution >= 0.6 is 0 Å². The number of ketones is 2. The fourth-order valence-corrected chi connectivity index (χ4v) is 6.32. The van der Waals surface area contributed by atoms with Gasteiger partial charge in [-0.25, -0.2) is 0 Å². The van der Waals surface area contributed by atoms with Gasteiger partial charge in [0, 0.05) is 17.1 Å². The molecule has 3 aliphatic rings. The van der Waals surface area contributed by atoms with E-state index in [9.17, 15) is 44.7 Å². The van der Waals surface area contributed by atoms with Gasteiger partial charge in [-0.3, -0.25) is 24.1 Å². The maximum absolute atomic E-state index is 14.0. The van der Waals surface area contributed by atoms with E-state index in [4.69, 9.17) is 11.5 Å². The minimum atomic E-state index is -2.76. The second kappa shape index (κ2) is 8.90. The largest absolute Gasteiger partial charge is 0.508 e. The van der Waals surface area contributed by atoms with Crippen LogP contribution in [0.1, 0.15) is 55.5 Å². The number of hydrogen-bond acceptors (Lipinski definition) is 10. The maximum Gasteiger partial charge on any atom is 0.325 e. The minimum absolute atomic E-state index is 0.0527. The molecule has 3 aliphatic carbocycles. The Bertz CT molecular complexity index is 1400. The van der Waals surface area contributed by atoms with Gasteiger partial charge in [-0.2, -0.15) is 0 Å². The van der Waals surface area contributed by atoms with E-state index in [1.807, 2.05) is 0 Å². The smallest absolute Gasteiger partial charge is 0.325 e. The van der Waals surface area contributed by atoms with Crippen LogP contribution in [-0.4, -0.2) is 79.6 Å². The van der Waals surface area contributed by atoms with Gasteiger partial charge in [-0.15, -0.1) is 0 Å². The van der Waals surface area contributed by atoms with Crippen molar-refractivity contribution in [1.29, 1.82) is 0 Å². The average molecular weight is 544 g/mol. The summed E-state index contributed by atoms with van der Waals surface area (Å²) in [5, 5.41) is 55.0. The molecular weight excluding hydrogens is 510 g/mol. The molecule has 0 radical (unpaired) electrons. The van der Waals surface area contributed by atoms with Crippen molar-refractivity contribution in [1.82, 2.24) is 4.90 Å². The number of Topliss-reactive ketones (excluding diaryl/α,β-unsaturated/α-hetero) is 2. The SMILES string of the molecule is CN(C)[C@@H]1C(=O)C(C(N)=O)=C(O)[C@@]2(O)C(=O)C3=C(O)c4c(O)c(C(C)(C)C)cc(C(N)C(=O)O)c4C[C@H]3C[C@@H]12. The van der Waals surface area contributed by atoms with E-state index >= 15 is 0 Å². The van der Waals surface area contributed by atoms with E-state index in [1.165, 1.54) is 25.1 Å². The number of amides is 1. The van der Waals surface area contributed by atoms with Gasteiger partial charge in [0.1, 0.15) is 28.9 Å². The highest BCUT2D eigenvalue weighted by molar-refractivity contribution is 6.24. The molecule has 39 heavy (non-hydrogen) atoms. The number of aromatic hydroxyl groups is 1. The van der Waals surface area contributed by atoms with Crippen LogP contribution in [0.2, 0.25) is 0 Å². The number of aliphatic carboxylic acids is 1. The first-order valence-electron chi connectivity index (χ1n) is 12.4. The summed E-state index contributed by atoms with van der Waals surface area (Å²) in [6.45, 7) is 5.27. The topological polar surface area (TPSA) is 225 Å². The zero-order valence-corrected chi connectivity index (χ0v) is 22.3. The lowest BCUT2D eigenvalue weighted by atomic mass is 9.57. The summed E-state index contributed by atoms with van der Waals surface area (Å²) < 4.78 is 0. The molecule has 9 N–H and O–H groups in total. The molecule has 0 aromatic heterocycles. The second-order valence-electron chi connectivity index (χ2n) is 11.7. The number of carboxylic acid groups (broad SMARTS) is 1. The summed E-state index contributed by atoms with van der Waals surface area (Å²) in [5.41, 5.74) is 7.08. The molecular formula is C27H33N3O9. The highest BCUT2D eigenvalue weighted by atomic mass is 16.4. The number of hydrogen-bond donors (Lipinski definition) is 7. The molecule has 1 unspecified atom stereocenters. The first kappa shape index (κ1) is 28.3. The Labute approximate surface area is 224 Å². The summed E-state index contributed by atoms with van der Waals surface area (Å²) in [6, 6.07) is -1.26. The van der Waals surface area contributed by atoms with Crippen LogP contribution in [0.4, 0.5) is 0 Å². The van der Waals surface area contributed by atoms with E-state index in [1.54, 1.807) is 20.8 Å². The van der Waals surface area contributed by atoms with Gasteiger partial charge in [-0.1, -0.05) is 20.8 Å². The Hall–Kier alpha value is -3.74. The minimum Gasteiger partial charge on any atom is -0.508 e. The third kappa shape index (κ3) is 3.85. The Morgan fingerprint density at radius 1 is 1.15 bits per heavy atom. The molecule has 1 aromatic rings. The summed E-state index contributed by atoms with van der Waals surface area (Å²) in [4.78, 5) is 52.5. The number of rotatable bonds is 4. The van der Waals surface area contributed by atoms with Crippen molar-refractivity contribution >= 4 is 29.2 Å². The molecule has 0 saturated heterocycles. The highest BCUT2D eigenvalue weighted by Crippen LogP contribution is 2.54. The Morgan fingerprint density at radius 3 is 2.23 bits per heavy atom. The lowest BCUT2D eigenvalue weighted by Gasteiger charge is -2.50. The quantitative estimate of drug-likeness (QED) is 0.256. The van der Waals surface area contributed by atoms with E-state index in [-0.39, 0.29) is 46.4 Å². The number of phenols is 1. The van der Waals surface area contributed by atoms with Gasteiger partial charge in [-0.05, 0) is 55.5 Å². The van der Waals surface area contributed by atoms with Crippen molar-refractivity contribution in [3.05, 3.63) is 45.2 Å². The predicted octanol–water partition coefficient (Wildman–Crippen LogP) is 0.346. The van der Waals surface area contributed by atoms with Gasteiger partial charge >= 0.3 is 5.97 Å². The summed E-state index contributed by atoms with van der Waals surface area (Å²) >= 11 is 0. The Morgan fingerprint density at radius 2 is 1.74 bits per heavy atom. The molecule has 1 fully saturated rings. The standard InChI is InChI=1S/C27H33N3O9/c1-26(2,3)13-8-11(17(28)25(37)38)10-6-9-7-12-18(30(4)5)21(33)16(24(29)36)23(35)27(12,39)22(34)14(9)20(32)15(10)19(13)31/h8-9,12,17-18,31-32,35,39H,6-7,28H2,1-5H3,(H2,29,36)(H,37,38)/t9-,12-,17?,18-,27-/m0/s1. The monoisotopic (exact) mass is 543 g/mol. The molecule has 12 heteroatoms. The van der Waals surface area contributed by atoms with E-state index in [0.29, 0.717) is 0 Å².